The van der Waals surface area contributed by atoms with Crippen molar-refractivity contribution < 1.29 is 14.3 Å². The number of carbonyl (C=O) groups is 1. The Morgan fingerprint density at radius 1 is 1.03 bits per heavy atom. The lowest BCUT2D eigenvalue weighted by Gasteiger charge is -2.37. The monoisotopic (exact) mass is 452 g/mol. The molecule has 0 radical (unpaired) electrons. The highest BCUT2D eigenvalue weighted by Gasteiger charge is 2.30. The van der Waals surface area contributed by atoms with Gasteiger partial charge in [-0.25, -0.2) is 0 Å². The van der Waals surface area contributed by atoms with Crippen molar-refractivity contribution in [1.82, 2.24) is 9.88 Å². The lowest BCUT2D eigenvalue weighted by atomic mass is 9.72. The molecule has 1 aliphatic carbocycles. The van der Waals surface area contributed by atoms with E-state index >= 15 is 0 Å². The molecule has 1 saturated heterocycles. The Balaban J connectivity index is 1.31. The second-order valence-corrected chi connectivity index (χ2v) is 10.9. The Morgan fingerprint density at radius 2 is 1.76 bits per heavy atom. The van der Waals surface area contributed by atoms with Crippen molar-refractivity contribution in [3.63, 3.8) is 0 Å². The molecule has 2 heterocycles. The van der Waals surface area contributed by atoms with Gasteiger partial charge in [-0.05, 0) is 93.5 Å². The molecule has 5 nitrogen and oxygen atoms in total. The standard InChI is InChI=1S/C28H40N2O3/c1-5-32-27(31)20-12-14-30(15-13-20)19-24-16-21-6-9-26(17-22(21)18-29-24)33-25-10-7-23(8-11-25)28(2,3)4/h6,9,16-18,20,23,25H,5,7-8,10-15,19H2,1-4H3. The number of rotatable bonds is 6. The van der Waals surface area contributed by atoms with Gasteiger partial charge in [0.05, 0.1) is 24.3 Å². The van der Waals surface area contributed by atoms with Crippen molar-refractivity contribution in [1.29, 1.82) is 0 Å². The first-order valence-electron chi connectivity index (χ1n) is 12.8. The molecule has 2 fully saturated rings. The number of nitrogens with zero attached hydrogens (tertiary/aromatic N) is 2. The largest absolute Gasteiger partial charge is 0.490 e. The van der Waals surface area contributed by atoms with Gasteiger partial charge in [0.2, 0.25) is 0 Å². The fourth-order valence-corrected chi connectivity index (χ4v) is 5.38. The number of benzene rings is 1. The lowest BCUT2D eigenvalue weighted by molar-refractivity contribution is -0.149. The fraction of sp³-hybridized carbons (Fsp3) is 0.643. The van der Waals surface area contributed by atoms with E-state index in [1.54, 1.807) is 0 Å². The molecule has 180 valence electrons. The van der Waals surface area contributed by atoms with Gasteiger partial charge in [0.25, 0.3) is 0 Å². The molecule has 2 aliphatic rings. The van der Waals surface area contributed by atoms with E-state index in [2.05, 4.69) is 49.9 Å². The normalized spacial score (nSPS) is 22.9. The predicted molar refractivity (Wildman–Crippen MR) is 132 cm³/mol. The smallest absolute Gasteiger partial charge is 0.309 e. The van der Waals surface area contributed by atoms with Crippen LogP contribution >= 0.6 is 0 Å². The average molecular weight is 453 g/mol. The van der Waals surface area contributed by atoms with Crippen LogP contribution in [0.1, 0.15) is 71.9 Å². The quantitative estimate of drug-likeness (QED) is 0.504. The zero-order valence-electron chi connectivity index (χ0n) is 20.8. The Hall–Kier alpha value is -2.14. The Morgan fingerprint density at radius 3 is 2.42 bits per heavy atom. The molecule has 2 aromatic rings. The van der Waals surface area contributed by atoms with Crippen LogP contribution in [0, 0.1) is 17.3 Å². The van der Waals surface area contributed by atoms with Crippen LogP contribution in [-0.2, 0) is 16.1 Å². The average Bonchev–Trinajstić information content (AvgIpc) is 2.79. The predicted octanol–water partition coefficient (Wildman–Crippen LogP) is 5.99. The molecule has 1 saturated carbocycles. The van der Waals surface area contributed by atoms with Crippen molar-refractivity contribution >= 4 is 16.7 Å². The Labute approximate surface area is 198 Å². The number of piperidine rings is 1. The molecule has 1 aromatic carbocycles. The summed E-state index contributed by atoms with van der Waals surface area (Å²) in [5.41, 5.74) is 1.47. The van der Waals surface area contributed by atoms with Crippen LogP contribution in [0.25, 0.3) is 10.8 Å². The number of pyridine rings is 1. The maximum atomic E-state index is 12.0. The zero-order chi connectivity index (χ0) is 23.4. The van der Waals surface area contributed by atoms with Gasteiger partial charge < -0.3 is 9.47 Å². The SMILES string of the molecule is CCOC(=O)C1CCN(Cc2cc3ccc(OC4CCC(C(C)(C)C)CC4)cc3cn2)CC1. The van der Waals surface area contributed by atoms with Gasteiger partial charge in [0.1, 0.15) is 5.75 Å². The summed E-state index contributed by atoms with van der Waals surface area (Å²) in [5.74, 6) is 1.76. The summed E-state index contributed by atoms with van der Waals surface area (Å²) in [6.45, 7) is 12.0. The van der Waals surface area contributed by atoms with Gasteiger partial charge in [-0.1, -0.05) is 26.8 Å². The molecular weight excluding hydrogens is 412 g/mol. The van der Waals surface area contributed by atoms with E-state index in [9.17, 15) is 4.79 Å². The van der Waals surface area contributed by atoms with Gasteiger partial charge in [0, 0.05) is 18.1 Å². The molecule has 0 atom stereocenters. The van der Waals surface area contributed by atoms with E-state index in [0.717, 1.165) is 68.1 Å². The van der Waals surface area contributed by atoms with Crippen LogP contribution in [0.4, 0.5) is 0 Å². The molecule has 0 N–H and O–H groups in total. The number of hydrogen-bond acceptors (Lipinski definition) is 5. The molecule has 0 spiro atoms. The number of esters is 1. The van der Waals surface area contributed by atoms with Crippen LogP contribution in [-0.4, -0.2) is 41.7 Å². The van der Waals surface area contributed by atoms with E-state index in [1.165, 1.54) is 18.2 Å². The zero-order valence-corrected chi connectivity index (χ0v) is 20.8. The minimum atomic E-state index is -0.0405. The van der Waals surface area contributed by atoms with Crippen molar-refractivity contribution in [2.75, 3.05) is 19.7 Å². The van der Waals surface area contributed by atoms with E-state index in [1.807, 2.05) is 13.1 Å². The molecule has 4 rings (SSSR count). The maximum absolute atomic E-state index is 12.0. The highest BCUT2D eigenvalue weighted by atomic mass is 16.5. The maximum Gasteiger partial charge on any atom is 0.309 e. The molecule has 1 aromatic heterocycles. The second-order valence-electron chi connectivity index (χ2n) is 10.9. The molecule has 5 heteroatoms. The number of fused-ring (bicyclic) bond motifs is 1. The van der Waals surface area contributed by atoms with Crippen LogP contribution in [0.15, 0.2) is 30.5 Å². The Bertz CT molecular complexity index is 936. The van der Waals surface area contributed by atoms with Gasteiger partial charge >= 0.3 is 5.97 Å². The number of carbonyl (C=O) groups excluding carboxylic acids is 1. The molecular formula is C28H40N2O3. The minimum absolute atomic E-state index is 0.0405. The second kappa shape index (κ2) is 10.4. The van der Waals surface area contributed by atoms with E-state index in [0.29, 0.717) is 18.1 Å². The highest BCUT2D eigenvalue weighted by Crippen LogP contribution is 2.39. The van der Waals surface area contributed by atoms with Crippen LogP contribution in [0.2, 0.25) is 0 Å². The van der Waals surface area contributed by atoms with Gasteiger partial charge in [-0.15, -0.1) is 0 Å². The van der Waals surface area contributed by atoms with Gasteiger partial charge in [-0.2, -0.15) is 0 Å². The third-order valence-corrected chi connectivity index (χ3v) is 7.54. The topological polar surface area (TPSA) is 51.7 Å². The third-order valence-electron chi connectivity index (χ3n) is 7.54. The molecule has 1 aliphatic heterocycles. The van der Waals surface area contributed by atoms with Crippen LogP contribution < -0.4 is 4.74 Å². The summed E-state index contributed by atoms with van der Waals surface area (Å²) >= 11 is 0. The Kier molecular flexibility index (Phi) is 7.58. The molecule has 0 amide bonds. The van der Waals surface area contributed by atoms with Crippen molar-refractivity contribution in [3.8, 4) is 5.75 Å². The third kappa shape index (κ3) is 6.26. The van der Waals surface area contributed by atoms with Crippen molar-refractivity contribution in [2.45, 2.75) is 78.9 Å². The highest BCUT2D eigenvalue weighted by molar-refractivity contribution is 5.83. The van der Waals surface area contributed by atoms with Crippen LogP contribution in [0.3, 0.4) is 0 Å². The van der Waals surface area contributed by atoms with E-state index in [-0.39, 0.29) is 11.9 Å². The first-order chi connectivity index (χ1) is 15.8. The summed E-state index contributed by atoms with van der Waals surface area (Å²) < 4.78 is 11.5. The minimum Gasteiger partial charge on any atom is -0.490 e. The summed E-state index contributed by atoms with van der Waals surface area (Å²) in [5, 5.41) is 2.32. The van der Waals surface area contributed by atoms with Crippen molar-refractivity contribution in [2.24, 2.45) is 17.3 Å². The summed E-state index contributed by atoms with van der Waals surface area (Å²) in [6, 6.07) is 8.58. The summed E-state index contributed by atoms with van der Waals surface area (Å²) in [4.78, 5) is 19.1. The number of hydrogen-bond donors (Lipinski definition) is 0. The number of ether oxygens (including phenoxy) is 2. The molecule has 0 unspecified atom stereocenters. The lowest BCUT2D eigenvalue weighted by Crippen LogP contribution is -2.36. The molecule has 0 bridgehead atoms. The first-order valence-corrected chi connectivity index (χ1v) is 12.8. The fourth-order valence-electron chi connectivity index (χ4n) is 5.38. The number of likely N-dealkylation sites (tertiary alicyclic amines) is 1. The van der Waals surface area contributed by atoms with E-state index < -0.39 is 0 Å². The summed E-state index contributed by atoms with van der Waals surface area (Å²) in [7, 11) is 0. The first kappa shape index (κ1) is 24.0. The van der Waals surface area contributed by atoms with E-state index in [4.69, 9.17) is 14.5 Å². The van der Waals surface area contributed by atoms with Gasteiger partial charge in [-0.3, -0.25) is 14.7 Å². The van der Waals surface area contributed by atoms with Crippen molar-refractivity contribution in [3.05, 3.63) is 36.2 Å². The number of aromatic nitrogens is 1. The van der Waals surface area contributed by atoms with Gasteiger partial charge in [0.15, 0.2) is 0 Å². The summed E-state index contributed by atoms with van der Waals surface area (Å²) in [6.07, 6.45) is 8.82. The van der Waals surface area contributed by atoms with Crippen LogP contribution in [0.5, 0.6) is 5.75 Å². The molecule has 33 heavy (non-hydrogen) atoms.